The van der Waals surface area contributed by atoms with Gasteiger partial charge in [-0.15, -0.1) is 0 Å². The minimum absolute atomic E-state index is 0.180. The van der Waals surface area contributed by atoms with E-state index in [0.29, 0.717) is 11.3 Å². The van der Waals surface area contributed by atoms with Crippen molar-refractivity contribution in [3.63, 3.8) is 0 Å². The molecule has 104 valence electrons. The second kappa shape index (κ2) is 5.09. The van der Waals surface area contributed by atoms with E-state index in [1.807, 2.05) is 6.07 Å². The second-order valence-corrected chi connectivity index (χ2v) is 4.49. The van der Waals surface area contributed by atoms with Crippen molar-refractivity contribution in [1.29, 1.82) is 0 Å². The molecule has 21 heavy (non-hydrogen) atoms. The van der Waals surface area contributed by atoms with E-state index in [4.69, 9.17) is 0 Å². The Kier molecular flexibility index (Phi) is 3.12. The zero-order chi connectivity index (χ0) is 14.8. The zero-order valence-electron chi connectivity index (χ0n) is 10.8. The number of amides is 1. The Morgan fingerprint density at radius 3 is 2.24 bits per heavy atom. The van der Waals surface area contributed by atoms with Gasteiger partial charge in [0.2, 0.25) is 0 Å². The largest absolute Gasteiger partial charge is 0.322 e. The maximum atomic E-state index is 12.1. The van der Waals surface area contributed by atoms with Gasteiger partial charge in [0.05, 0.1) is 10.8 Å². The Labute approximate surface area is 118 Å². The molecule has 0 aliphatic carbocycles. The first kappa shape index (κ1) is 12.9. The van der Waals surface area contributed by atoms with Gasteiger partial charge < -0.3 is 5.32 Å². The van der Waals surface area contributed by atoms with E-state index in [9.17, 15) is 14.4 Å². The van der Waals surface area contributed by atoms with Gasteiger partial charge in [-0.25, -0.2) is 0 Å². The Morgan fingerprint density at radius 2 is 1.52 bits per heavy atom. The number of hydrogen-bond acceptors (Lipinski definition) is 3. The van der Waals surface area contributed by atoms with E-state index in [-0.39, 0.29) is 16.7 Å². The van der Waals surface area contributed by atoms with Gasteiger partial charge in [0.15, 0.2) is 0 Å². The molecule has 0 bridgehead atoms. The summed E-state index contributed by atoms with van der Waals surface area (Å²) in [5, 5.41) is 7.62. The maximum absolute atomic E-state index is 12.1. The van der Waals surface area contributed by atoms with Crippen LogP contribution in [0.25, 0.3) is 10.8 Å². The molecule has 0 radical (unpaired) electrons. The molecule has 3 rings (SSSR count). The van der Waals surface area contributed by atoms with Crippen LogP contribution in [0.5, 0.6) is 0 Å². The van der Waals surface area contributed by atoms with E-state index >= 15 is 0 Å². The third kappa shape index (κ3) is 2.46. The lowest BCUT2D eigenvalue weighted by molar-refractivity contribution is 0.102. The molecule has 3 N–H and O–H groups in total. The van der Waals surface area contributed by atoms with E-state index in [0.717, 1.165) is 0 Å². The summed E-state index contributed by atoms with van der Waals surface area (Å²) in [6.07, 6.45) is 0. The monoisotopic (exact) mass is 281 g/mol. The third-order valence-electron chi connectivity index (χ3n) is 3.09. The maximum Gasteiger partial charge on any atom is 0.270 e. The van der Waals surface area contributed by atoms with Gasteiger partial charge in [0.1, 0.15) is 0 Å². The van der Waals surface area contributed by atoms with Crippen molar-refractivity contribution in [2.75, 3.05) is 5.32 Å². The topological polar surface area (TPSA) is 94.8 Å². The number of para-hydroxylation sites is 1. The van der Waals surface area contributed by atoms with Gasteiger partial charge in [-0.1, -0.05) is 18.2 Å². The van der Waals surface area contributed by atoms with E-state index in [1.54, 1.807) is 24.3 Å². The van der Waals surface area contributed by atoms with Crippen LogP contribution in [-0.2, 0) is 0 Å². The number of rotatable bonds is 2. The molecule has 0 aliphatic heterocycles. The molecule has 0 atom stereocenters. The minimum Gasteiger partial charge on any atom is -0.322 e. The highest BCUT2D eigenvalue weighted by molar-refractivity contribution is 6.06. The number of hydrogen-bond donors (Lipinski definition) is 3. The molecule has 1 heterocycles. The summed E-state index contributed by atoms with van der Waals surface area (Å²) >= 11 is 0. The smallest absolute Gasteiger partial charge is 0.270 e. The van der Waals surface area contributed by atoms with Crippen molar-refractivity contribution in [3.8, 4) is 0 Å². The van der Waals surface area contributed by atoms with Gasteiger partial charge >= 0.3 is 0 Å². The van der Waals surface area contributed by atoms with Crippen molar-refractivity contribution >= 4 is 22.4 Å². The fourth-order valence-electron chi connectivity index (χ4n) is 2.04. The predicted octanol–water partition coefficient (Wildman–Crippen LogP) is 1.47. The Balaban J connectivity index is 2.02. The SMILES string of the molecule is O=C(Nc1ccccc1)c1ccc2c(=O)[nH][nH]c(=O)c2c1. The number of aromatic amines is 2. The van der Waals surface area contributed by atoms with Crippen LogP contribution in [-0.4, -0.2) is 16.1 Å². The van der Waals surface area contributed by atoms with Crippen LogP contribution < -0.4 is 16.4 Å². The van der Waals surface area contributed by atoms with Gasteiger partial charge in [0, 0.05) is 11.3 Å². The molecule has 0 spiro atoms. The third-order valence-corrected chi connectivity index (χ3v) is 3.09. The van der Waals surface area contributed by atoms with Crippen LogP contribution in [0.15, 0.2) is 58.1 Å². The standard InChI is InChI=1S/C15H11N3O3/c19-13(16-10-4-2-1-3-5-10)9-6-7-11-12(8-9)15(21)18-17-14(11)20/h1-8H,(H,16,19)(H,17,20)(H,18,21). The van der Waals surface area contributed by atoms with Crippen molar-refractivity contribution in [3.05, 3.63) is 74.8 Å². The highest BCUT2D eigenvalue weighted by Gasteiger charge is 2.09. The normalized spacial score (nSPS) is 10.5. The molecule has 2 aromatic carbocycles. The number of carbonyl (C=O) groups excluding carboxylic acids is 1. The van der Waals surface area contributed by atoms with Crippen LogP contribution in [0.2, 0.25) is 0 Å². The number of anilines is 1. The Bertz CT molecular complexity index is 926. The second-order valence-electron chi connectivity index (χ2n) is 4.49. The van der Waals surface area contributed by atoms with Crippen LogP contribution in [0.4, 0.5) is 5.69 Å². The van der Waals surface area contributed by atoms with Gasteiger partial charge in [0.25, 0.3) is 17.0 Å². The van der Waals surface area contributed by atoms with E-state index in [2.05, 4.69) is 15.5 Å². The first-order valence-corrected chi connectivity index (χ1v) is 6.26. The lowest BCUT2D eigenvalue weighted by Crippen LogP contribution is -2.20. The zero-order valence-corrected chi connectivity index (χ0v) is 10.8. The molecular weight excluding hydrogens is 270 g/mol. The number of H-pyrrole nitrogens is 2. The predicted molar refractivity (Wildman–Crippen MR) is 79.6 cm³/mol. The molecule has 3 aromatic rings. The summed E-state index contributed by atoms with van der Waals surface area (Å²) in [5.74, 6) is -0.345. The molecule has 0 saturated carbocycles. The number of nitrogens with one attached hydrogen (secondary N) is 3. The average molecular weight is 281 g/mol. The van der Waals surface area contributed by atoms with E-state index in [1.165, 1.54) is 18.2 Å². The molecule has 0 unspecified atom stereocenters. The van der Waals surface area contributed by atoms with Crippen molar-refractivity contribution in [2.24, 2.45) is 0 Å². The Morgan fingerprint density at radius 1 is 0.857 bits per heavy atom. The van der Waals surface area contributed by atoms with Gasteiger partial charge in [-0.05, 0) is 30.3 Å². The molecule has 0 fully saturated rings. The van der Waals surface area contributed by atoms with Gasteiger partial charge in [-0.3, -0.25) is 24.6 Å². The highest BCUT2D eigenvalue weighted by Crippen LogP contribution is 2.12. The summed E-state index contributed by atoms with van der Waals surface area (Å²) in [6, 6.07) is 13.4. The lowest BCUT2D eigenvalue weighted by Gasteiger charge is -2.05. The van der Waals surface area contributed by atoms with Gasteiger partial charge in [-0.2, -0.15) is 0 Å². The summed E-state index contributed by atoms with van der Waals surface area (Å²) in [5.41, 5.74) is 0.114. The summed E-state index contributed by atoms with van der Waals surface area (Å²) in [6.45, 7) is 0. The van der Waals surface area contributed by atoms with Crippen molar-refractivity contribution in [2.45, 2.75) is 0 Å². The van der Waals surface area contributed by atoms with Crippen LogP contribution in [0, 0.1) is 0 Å². The molecule has 0 saturated heterocycles. The number of fused-ring (bicyclic) bond motifs is 1. The lowest BCUT2D eigenvalue weighted by atomic mass is 10.1. The molecular formula is C15H11N3O3. The first-order chi connectivity index (χ1) is 10.1. The summed E-state index contributed by atoms with van der Waals surface area (Å²) in [7, 11) is 0. The fourth-order valence-corrected chi connectivity index (χ4v) is 2.04. The number of aromatic nitrogens is 2. The number of carbonyl (C=O) groups is 1. The molecule has 0 aliphatic rings. The summed E-state index contributed by atoms with van der Waals surface area (Å²) < 4.78 is 0. The quantitative estimate of drug-likeness (QED) is 0.663. The van der Waals surface area contributed by atoms with E-state index < -0.39 is 11.1 Å². The molecule has 1 amide bonds. The molecule has 6 nitrogen and oxygen atoms in total. The van der Waals surface area contributed by atoms with Crippen LogP contribution in [0.1, 0.15) is 10.4 Å². The van der Waals surface area contributed by atoms with Crippen molar-refractivity contribution in [1.82, 2.24) is 10.2 Å². The molecule has 1 aromatic heterocycles. The highest BCUT2D eigenvalue weighted by atomic mass is 16.2. The molecule has 6 heteroatoms. The Hall–Kier alpha value is -3.15. The van der Waals surface area contributed by atoms with Crippen LogP contribution >= 0.6 is 0 Å². The van der Waals surface area contributed by atoms with Crippen LogP contribution in [0.3, 0.4) is 0 Å². The number of benzene rings is 2. The minimum atomic E-state index is -0.445. The average Bonchev–Trinajstić information content (AvgIpc) is 2.52. The first-order valence-electron chi connectivity index (χ1n) is 6.26. The fraction of sp³-hybridized carbons (Fsp3) is 0. The van der Waals surface area contributed by atoms with Crippen molar-refractivity contribution < 1.29 is 4.79 Å². The summed E-state index contributed by atoms with van der Waals surface area (Å²) in [4.78, 5) is 35.4.